The lowest BCUT2D eigenvalue weighted by molar-refractivity contribution is 0.0823. The minimum absolute atomic E-state index is 0.233. The van der Waals surface area contributed by atoms with Gasteiger partial charge in [-0.15, -0.1) is 0 Å². The van der Waals surface area contributed by atoms with Gasteiger partial charge in [-0.3, -0.25) is 9.36 Å². The molecular weight excluding hydrogens is 336 g/mol. The van der Waals surface area contributed by atoms with Crippen molar-refractivity contribution in [3.8, 4) is 0 Å². The zero-order valence-electron chi connectivity index (χ0n) is 15.9. The lowest BCUT2D eigenvalue weighted by Gasteiger charge is -2.15. The molecule has 146 valence electrons. The van der Waals surface area contributed by atoms with Gasteiger partial charge in [-0.1, -0.05) is 32.1 Å². The van der Waals surface area contributed by atoms with Crippen LogP contribution < -0.4 is 11.2 Å². The number of aliphatic hydroxyl groups is 2. The van der Waals surface area contributed by atoms with Gasteiger partial charge in [-0.2, -0.15) is 0 Å². The van der Waals surface area contributed by atoms with Crippen molar-refractivity contribution in [3.05, 3.63) is 27.2 Å². The molecule has 0 aliphatic rings. The lowest BCUT2D eigenvalue weighted by atomic mass is 10.1. The van der Waals surface area contributed by atoms with Gasteiger partial charge in [0.1, 0.15) is 6.23 Å². The van der Waals surface area contributed by atoms with Crippen LogP contribution in [-0.2, 0) is 14.1 Å². The Kier molecular flexibility index (Phi) is 7.16. The molecule has 2 aromatic heterocycles. The first kappa shape index (κ1) is 20.4. The van der Waals surface area contributed by atoms with E-state index < -0.39 is 17.5 Å². The van der Waals surface area contributed by atoms with Crippen LogP contribution in [0.5, 0.6) is 0 Å². The highest BCUT2D eigenvalue weighted by atomic mass is 16.3. The molecule has 0 aliphatic carbocycles. The van der Waals surface area contributed by atoms with Crippen LogP contribution in [-0.4, -0.2) is 35.0 Å². The summed E-state index contributed by atoms with van der Waals surface area (Å²) in [7, 11) is 3.24. The second-order valence-corrected chi connectivity index (χ2v) is 7.07. The molecule has 0 radical (unpaired) electrons. The Bertz CT molecular complexity index is 834. The van der Waals surface area contributed by atoms with Gasteiger partial charge in [0, 0.05) is 14.1 Å². The van der Waals surface area contributed by atoms with E-state index in [4.69, 9.17) is 0 Å². The van der Waals surface area contributed by atoms with Gasteiger partial charge >= 0.3 is 5.69 Å². The highest BCUT2D eigenvalue weighted by Gasteiger charge is 2.19. The fourth-order valence-corrected chi connectivity index (χ4v) is 3.23. The highest BCUT2D eigenvalue weighted by Crippen LogP contribution is 2.14. The molecule has 8 heteroatoms. The monoisotopic (exact) mass is 366 g/mol. The zero-order valence-corrected chi connectivity index (χ0v) is 15.9. The van der Waals surface area contributed by atoms with Crippen LogP contribution in [0.25, 0.3) is 11.2 Å². The Morgan fingerprint density at radius 2 is 1.58 bits per heavy atom. The predicted octanol–water partition coefficient (Wildman–Crippen LogP) is 1.43. The fourth-order valence-electron chi connectivity index (χ4n) is 3.23. The number of unbranched alkanes of at least 4 members (excludes halogenated alkanes) is 5. The van der Waals surface area contributed by atoms with Crippen molar-refractivity contribution in [2.45, 2.75) is 70.6 Å². The summed E-state index contributed by atoms with van der Waals surface area (Å²) in [6.45, 7) is 1.80. The molecule has 0 saturated heterocycles. The highest BCUT2D eigenvalue weighted by molar-refractivity contribution is 5.69. The first-order valence-electron chi connectivity index (χ1n) is 9.33. The summed E-state index contributed by atoms with van der Waals surface area (Å²) < 4.78 is 3.78. The van der Waals surface area contributed by atoms with E-state index in [2.05, 4.69) is 4.98 Å². The van der Waals surface area contributed by atoms with Crippen LogP contribution in [0.15, 0.2) is 15.9 Å². The van der Waals surface area contributed by atoms with Gasteiger partial charge < -0.3 is 14.8 Å². The fraction of sp³-hybridized carbons (Fsp3) is 0.722. The van der Waals surface area contributed by atoms with Gasteiger partial charge in [0.2, 0.25) is 0 Å². The molecule has 0 bridgehead atoms. The van der Waals surface area contributed by atoms with E-state index in [1.54, 1.807) is 25.6 Å². The summed E-state index contributed by atoms with van der Waals surface area (Å²) in [4.78, 5) is 29.1. The van der Waals surface area contributed by atoms with Crippen LogP contribution in [0, 0.1) is 0 Å². The van der Waals surface area contributed by atoms with Crippen molar-refractivity contribution in [1.82, 2.24) is 18.7 Å². The third-order valence-electron chi connectivity index (χ3n) is 4.78. The van der Waals surface area contributed by atoms with Gasteiger partial charge in [0.15, 0.2) is 11.2 Å². The van der Waals surface area contributed by atoms with Crippen LogP contribution >= 0.6 is 0 Å². The summed E-state index contributed by atoms with van der Waals surface area (Å²) in [5.74, 6) is 0. The smallest absolute Gasteiger partial charge is 0.334 e. The molecule has 2 heterocycles. The third kappa shape index (κ3) is 4.62. The lowest BCUT2D eigenvalue weighted by Crippen LogP contribution is -2.42. The first-order chi connectivity index (χ1) is 12.3. The average molecular weight is 366 g/mol. The topological polar surface area (TPSA) is 102 Å². The Morgan fingerprint density at radius 3 is 2.19 bits per heavy atom. The van der Waals surface area contributed by atoms with Gasteiger partial charge in [0.25, 0.3) is 5.56 Å². The molecule has 2 unspecified atom stereocenters. The summed E-state index contributed by atoms with van der Waals surface area (Å²) >= 11 is 0. The molecule has 2 aromatic rings. The SMILES string of the molecule is CC(O)CCCCCCCCC(O)n1c(=O)c2c(ncn2C)n(C)c1=O. The van der Waals surface area contributed by atoms with E-state index in [0.717, 1.165) is 49.5 Å². The minimum Gasteiger partial charge on any atom is -0.393 e. The van der Waals surface area contributed by atoms with Crippen molar-refractivity contribution < 1.29 is 10.2 Å². The molecule has 2 N–H and O–H groups in total. The maximum Gasteiger partial charge on any atom is 0.334 e. The zero-order chi connectivity index (χ0) is 19.3. The van der Waals surface area contributed by atoms with Crippen molar-refractivity contribution in [2.24, 2.45) is 14.1 Å². The Balaban J connectivity index is 1.92. The number of imidazole rings is 1. The number of hydrogen-bond acceptors (Lipinski definition) is 5. The summed E-state index contributed by atoms with van der Waals surface area (Å²) in [6.07, 6.45) is 7.25. The second-order valence-electron chi connectivity index (χ2n) is 7.07. The van der Waals surface area contributed by atoms with Crippen molar-refractivity contribution in [2.75, 3.05) is 0 Å². The number of hydrogen-bond donors (Lipinski definition) is 2. The number of fused-ring (bicyclic) bond motifs is 1. The average Bonchev–Trinajstić information content (AvgIpc) is 2.97. The predicted molar refractivity (Wildman–Crippen MR) is 100 cm³/mol. The largest absolute Gasteiger partial charge is 0.393 e. The van der Waals surface area contributed by atoms with E-state index in [1.807, 2.05) is 0 Å². The molecule has 2 atom stereocenters. The van der Waals surface area contributed by atoms with Crippen molar-refractivity contribution >= 4 is 11.2 Å². The molecule has 2 rings (SSSR count). The normalized spacial score (nSPS) is 14.0. The molecule has 0 aliphatic heterocycles. The molecule has 0 aromatic carbocycles. The number of rotatable bonds is 10. The third-order valence-corrected chi connectivity index (χ3v) is 4.78. The van der Waals surface area contributed by atoms with Crippen LogP contribution in [0.1, 0.15) is 64.5 Å². The Morgan fingerprint density at radius 1 is 1.00 bits per heavy atom. The molecule has 0 amide bonds. The maximum absolute atomic E-state index is 12.6. The van der Waals surface area contributed by atoms with Crippen molar-refractivity contribution in [3.63, 3.8) is 0 Å². The Hall–Kier alpha value is -1.93. The minimum atomic E-state index is -1.13. The van der Waals surface area contributed by atoms with Crippen LogP contribution in [0.3, 0.4) is 0 Å². The van der Waals surface area contributed by atoms with Crippen molar-refractivity contribution in [1.29, 1.82) is 0 Å². The number of aliphatic hydroxyl groups excluding tert-OH is 2. The standard InChI is InChI=1S/C18H30N4O4/c1-13(23)10-8-6-4-5-7-9-11-14(24)22-17(25)15-16(19-12-20(15)2)21(3)18(22)26/h12-14,23-24H,4-11H2,1-3H3. The summed E-state index contributed by atoms with van der Waals surface area (Å²) in [5, 5.41) is 19.6. The Labute approximate surface area is 152 Å². The van der Waals surface area contributed by atoms with Gasteiger partial charge in [0.05, 0.1) is 12.4 Å². The molecule has 8 nitrogen and oxygen atoms in total. The number of aromatic nitrogens is 4. The molecule has 0 saturated carbocycles. The van der Waals surface area contributed by atoms with Crippen LogP contribution in [0.4, 0.5) is 0 Å². The van der Waals surface area contributed by atoms with E-state index in [0.29, 0.717) is 17.6 Å². The number of nitrogens with zero attached hydrogens (tertiary/aromatic N) is 4. The first-order valence-corrected chi connectivity index (χ1v) is 9.33. The maximum atomic E-state index is 12.6. The van der Waals surface area contributed by atoms with Gasteiger partial charge in [-0.05, 0) is 26.2 Å². The molecule has 0 fully saturated rings. The second kappa shape index (κ2) is 9.14. The quantitative estimate of drug-likeness (QED) is 0.619. The van der Waals surface area contributed by atoms with E-state index in [1.165, 1.54) is 10.9 Å². The summed E-state index contributed by atoms with van der Waals surface area (Å²) in [6, 6.07) is 0. The van der Waals surface area contributed by atoms with E-state index >= 15 is 0 Å². The van der Waals surface area contributed by atoms with Gasteiger partial charge in [-0.25, -0.2) is 14.3 Å². The van der Waals surface area contributed by atoms with E-state index in [-0.39, 0.29) is 6.10 Å². The van der Waals surface area contributed by atoms with Crippen LogP contribution in [0.2, 0.25) is 0 Å². The van der Waals surface area contributed by atoms with E-state index in [9.17, 15) is 19.8 Å². The molecular formula is C18H30N4O4. The molecule has 26 heavy (non-hydrogen) atoms. The molecule has 0 spiro atoms. The number of aryl methyl sites for hydroxylation is 2. The summed E-state index contributed by atoms with van der Waals surface area (Å²) in [5.41, 5.74) is -0.423.